The Bertz CT molecular complexity index is 1340. The number of aromatic nitrogens is 2. The highest BCUT2D eigenvalue weighted by molar-refractivity contribution is 9.10. The lowest BCUT2D eigenvalue weighted by Gasteiger charge is -2.33. The smallest absolute Gasteiger partial charge is 0.363 e. The number of benzene rings is 3. The van der Waals surface area contributed by atoms with Crippen molar-refractivity contribution in [1.82, 2.24) is 9.78 Å². The molecule has 4 aromatic rings. The molecular formula is C27H22BrF3N4O. The van der Waals surface area contributed by atoms with Gasteiger partial charge in [0, 0.05) is 22.6 Å². The van der Waals surface area contributed by atoms with Crippen molar-refractivity contribution < 1.29 is 18.0 Å². The van der Waals surface area contributed by atoms with Crippen LogP contribution in [0.3, 0.4) is 0 Å². The Morgan fingerprint density at radius 2 is 1.64 bits per heavy atom. The number of rotatable bonds is 5. The number of hydrogen-bond donors (Lipinski definition) is 1. The van der Waals surface area contributed by atoms with Crippen molar-refractivity contribution in [3.8, 4) is 0 Å². The normalized spacial score (nSPS) is 17.2. The number of para-hydroxylation sites is 1. The van der Waals surface area contributed by atoms with Crippen LogP contribution in [-0.4, -0.2) is 21.9 Å². The maximum atomic E-state index is 14.1. The van der Waals surface area contributed by atoms with Crippen molar-refractivity contribution in [3.05, 3.63) is 112 Å². The zero-order valence-corrected chi connectivity index (χ0v) is 20.6. The van der Waals surface area contributed by atoms with Gasteiger partial charge in [0.1, 0.15) is 5.82 Å². The first-order valence-corrected chi connectivity index (χ1v) is 12.2. The lowest BCUT2D eigenvalue weighted by Crippen LogP contribution is -2.36. The Labute approximate surface area is 214 Å². The average molecular weight is 555 g/mol. The van der Waals surface area contributed by atoms with Crippen molar-refractivity contribution >= 4 is 33.3 Å². The molecule has 1 aromatic heterocycles. The van der Waals surface area contributed by atoms with Gasteiger partial charge in [0.2, 0.25) is 0 Å². The molecule has 0 spiro atoms. The van der Waals surface area contributed by atoms with Gasteiger partial charge in [-0.3, -0.25) is 4.79 Å². The number of alkyl halides is 3. The van der Waals surface area contributed by atoms with Crippen LogP contribution in [0.25, 0.3) is 0 Å². The Morgan fingerprint density at radius 1 is 1.00 bits per heavy atom. The van der Waals surface area contributed by atoms with E-state index in [1.54, 1.807) is 36.4 Å². The molecule has 1 N–H and O–H groups in total. The number of anilines is 2. The third kappa shape index (κ3) is 5.02. The largest absolute Gasteiger partial charge is 0.410 e. The highest BCUT2D eigenvalue weighted by Crippen LogP contribution is 2.44. The van der Waals surface area contributed by atoms with Gasteiger partial charge in [-0.05, 0) is 35.4 Å². The van der Waals surface area contributed by atoms with E-state index in [2.05, 4.69) is 26.3 Å². The number of fused-ring (bicyclic) bond motifs is 1. The van der Waals surface area contributed by atoms with E-state index in [0.717, 1.165) is 20.3 Å². The molecule has 1 aliphatic heterocycles. The minimum absolute atomic E-state index is 0.0528. The fourth-order valence-corrected chi connectivity index (χ4v) is 4.65. The van der Waals surface area contributed by atoms with Crippen LogP contribution < -0.4 is 10.2 Å². The van der Waals surface area contributed by atoms with Crippen molar-refractivity contribution in [2.45, 2.75) is 31.2 Å². The first kappa shape index (κ1) is 24.1. The van der Waals surface area contributed by atoms with E-state index in [-0.39, 0.29) is 24.5 Å². The van der Waals surface area contributed by atoms with Crippen LogP contribution in [-0.2, 0) is 6.54 Å². The summed E-state index contributed by atoms with van der Waals surface area (Å²) in [6.07, 6.45) is -4.76. The Morgan fingerprint density at radius 3 is 2.28 bits per heavy atom. The van der Waals surface area contributed by atoms with Gasteiger partial charge in [0.25, 0.3) is 5.91 Å². The van der Waals surface area contributed by atoms with Crippen molar-refractivity contribution in [3.63, 3.8) is 0 Å². The second-order valence-corrected chi connectivity index (χ2v) is 9.53. The maximum Gasteiger partial charge on any atom is 0.410 e. The van der Waals surface area contributed by atoms with E-state index in [1.807, 2.05) is 48.5 Å². The summed E-state index contributed by atoms with van der Waals surface area (Å²) in [7, 11) is 0. The molecule has 5 nitrogen and oxygen atoms in total. The predicted octanol–water partition coefficient (Wildman–Crippen LogP) is 7.15. The van der Waals surface area contributed by atoms with Crippen LogP contribution in [0, 0.1) is 0 Å². The first-order chi connectivity index (χ1) is 17.3. The number of carbonyl (C=O) groups excluding carboxylic acids is 1. The van der Waals surface area contributed by atoms with Gasteiger partial charge in [-0.1, -0.05) is 76.6 Å². The van der Waals surface area contributed by atoms with Crippen molar-refractivity contribution in [1.29, 1.82) is 0 Å². The molecule has 0 aliphatic carbocycles. The van der Waals surface area contributed by atoms with E-state index >= 15 is 0 Å². The highest BCUT2D eigenvalue weighted by Gasteiger charge is 2.47. The Kier molecular flexibility index (Phi) is 6.57. The second kappa shape index (κ2) is 9.81. The summed E-state index contributed by atoms with van der Waals surface area (Å²) in [5, 5.41) is 7.32. The van der Waals surface area contributed by atoms with Gasteiger partial charge in [-0.15, -0.1) is 0 Å². The van der Waals surface area contributed by atoms with Crippen LogP contribution in [0.4, 0.5) is 24.7 Å². The number of nitrogens with one attached hydrogen (secondary N) is 1. The van der Waals surface area contributed by atoms with Crippen molar-refractivity contribution in [2.24, 2.45) is 0 Å². The molecule has 0 radical (unpaired) electrons. The molecule has 0 saturated carbocycles. The van der Waals surface area contributed by atoms with E-state index < -0.39 is 24.2 Å². The van der Waals surface area contributed by atoms with E-state index in [9.17, 15) is 18.0 Å². The quantitative estimate of drug-likeness (QED) is 0.285. The molecule has 1 amide bonds. The summed E-state index contributed by atoms with van der Waals surface area (Å²) < 4.78 is 44.0. The SMILES string of the molecule is O=C(c1cc2n(n1)[C@H](C(F)(F)F)C[C@@H](c1ccc(Br)cc1)N2)N(Cc1ccccc1)c1ccccc1. The average Bonchev–Trinajstić information content (AvgIpc) is 3.31. The molecule has 0 fully saturated rings. The summed E-state index contributed by atoms with van der Waals surface area (Å²) in [4.78, 5) is 15.2. The topological polar surface area (TPSA) is 50.2 Å². The molecule has 184 valence electrons. The zero-order valence-electron chi connectivity index (χ0n) is 19.0. The van der Waals surface area contributed by atoms with Gasteiger partial charge in [-0.25, -0.2) is 4.68 Å². The van der Waals surface area contributed by atoms with Gasteiger partial charge in [0.05, 0.1) is 12.6 Å². The monoisotopic (exact) mass is 554 g/mol. The highest BCUT2D eigenvalue weighted by atomic mass is 79.9. The molecule has 2 heterocycles. The Hall–Kier alpha value is -3.59. The summed E-state index contributed by atoms with van der Waals surface area (Å²) in [6.45, 7) is 0.253. The second-order valence-electron chi connectivity index (χ2n) is 8.61. The molecule has 0 unspecified atom stereocenters. The zero-order chi connectivity index (χ0) is 25.3. The number of hydrogen-bond acceptors (Lipinski definition) is 3. The fraction of sp³-hybridized carbons (Fsp3) is 0.185. The molecule has 36 heavy (non-hydrogen) atoms. The van der Waals surface area contributed by atoms with Crippen LogP contribution in [0.1, 0.15) is 40.1 Å². The molecule has 9 heteroatoms. The number of nitrogens with zero attached hydrogens (tertiary/aromatic N) is 3. The summed E-state index contributed by atoms with van der Waals surface area (Å²) >= 11 is 3.36. The number of halogens is 4. The van der Waals surface area contributed by atoms with E-state index in [1.165, 1.54) is 11.0 Å². The standard InChI is InChI=1S/C27H22BrF3N4O/c28-20-13-11-19(12-14-20)22-15-24(27(29,30)31)35-25(32-22)16-23(33-35)26(36)34(21-9-5-2-6-10-21)17-18-7-3-1-4-8-18/h1-14,16,22,24,32H,15,17H2/t22-,24-/m0/s1. The molecular weight excluding hydrogens is 533 g/mol. The van der Waals surface area contributed by atoms with E-state index in [0.29, 0.717) is 5.69 Å². The van der Waals surface area contributed by atoms with Gasteiger partial charge in [-0.2, -0.15) is 18.3 Å². The summed E-state index contributed by atoms with van der Waals surface area (Å²) in [5.74, 6) is -0.317. The molecule has 3 aromatic carbocycles. The molecule has 5 rings (SSSR count). The van der Waals surface area contributed by atoms with Crippen LogP contribution in [0.15, 0.2) is 95.5 Å². The third-order valence-corrected chi connectivity index (χ3v) is 6.71. The van der Waals surface area contributed by atoms with Crippen molar-refractivity contribution in [2.75, 3.05) is 10.2 Å². The van der Waals surface area contributed by atoms with Gasteiger partial charge < -0.3 is 10.2 Å². The van der Waals surface area contributed by atoms with Gasteiger partial charge >= 0.3 is 6.18 Å². The third-order valence-electron chi connectivity index (χ3n) is 6.18. The molecule has 2 atom stereocenters. The summed E-state index contributed by atoms with van der Waals surface area (Å²) in [5.41, 5.74) is 2.19. The maximum absolute atomic E-state index is 14.1. The minimum atomic E-state index is -4.53. The molecule has 0 saturated heterocycles. The Balaban J connectivity index is 1.51. The van der Waals surface area contributed by atoms with Crippen LogP contribution in [0.5, 0.6) is 0 Å². The van der Waals surface area contributed by atoms with Crippen LogP contribution >= 0.6 is 15.9 Å². The fourth-order valence-electron chi connectivity index (χ4n) is 4.38. The minimum Gasteiger partial charge on any atom is -0.363 e. The predicted molar refractivity (Wildman–Crippen MR) is 136 cm³/mol. The molecule has 0 bridgehead atoms. The lowest BCUT2D eigenvalue weighted by atomic mass is 9.97. The van der Waals surface area contributed by atoms with Crippen LogP contribution in [0.2, 0.25) is 0 Å². The molecule has 1 aliphatic rings. The first-order valence-electron chi connectivity index (χ1n) is 11.4. The summed E-state index contributed by atoms with van der Waals surface area (Å²) in [6, 6.07) is 24.6. The van der Waals surface area contributed by atoms with Gasteiger partial charge in [0.15, 0.2) is 11.7 Å². The number of amides is 1. The number of carbonyl (C=O) groups is 1. The van der Waals surface area contributed by atoms with E-state index in [4.69, 9.17) is 0 Å². The lowest BCUT2D eigenvalue weighted by molar-refractivity contribution is -0.173.